The van der Waals surface area contributed by atoms with Crippen molar-refractivity contribution in [2.45, 2.75) is 19.5 Å². The maximum absolute atomic E-state index is 5.85. The van der Waals surface area contributed by atoms with Gasteiger partial charge in [-0.05, 0) is 46.6 Å². The van der Waals surface area contributed by atoms with Gasteiger partial charge in [-0.1, -0.05) is 23.7 Å². The summed E-state index contributed by atoms with van der Waals surface area (Å²) >= 11 is 9.28. The van der Waals surface area contributed by atoms with Crippen molar-refractivity contribution in [1.29, 1.82) is 0 Å². The van der Waals surface area contributed by atoms with Crippen LogP contribution in [-0.2, 0) is 6.54 Å². The Balaban J connectivity index is 1.95. The molecule has 0 radical (unpaired) electrons. The second-order valence-electron chi connectivity index (χ2n) is 3.85. The number of benzene rings is 1. The number of rotatable bonds is 4. The summed E-state index contributed by atoms with van der Waals surface area (Å²) in [4.78, 5) is 0. The normalized spacial score (nSPS) is 12.6. The molecule has 0 aliphatic rings. The van der Waals surface area contributed by atoms with Gasteiger partial charge >= 0.3 is 0 Å². The summed E-state index contributed by atoms with van der Waals surface area (Å²) in [6, 6.07) is 10.00. The van der Waals surface area contributed by atoms with Gasteiger partial charge in [0, 0.05) is 11.1 Å². The van der Waals surface area contributed by atoms with Crippen LogP contribution in [-0.4, -0.2) is 0 Å². The molecule has 0 saturated heterocycles. The average Bonchev–Trinajstić information content (AvgIpc) is 2.73. The third kappa shape index (κ3) is 3.35. The van der Waals surface area contributed by atoms with Crippen LogP contribution in [0.25, 0.3) is 0 Å². The minimum Gasteiger partial charge on any atom is -0.467 e. The van der Waals surface area contributed by atoms with E-state index in [0.29, 0.717) is 6.54 Å². The number of nitrogens with one attached hydrogen (secondary N) is 1. The van der Waals surface area contributed by atoms with Crippen molar-refractivity contribution >= 4 is 27.5 Å². The summed E-state index contributed by atoms with van der Waals surface area (Å²) in [6.07, 6.45) is 1.67. The van der Waals surface area contributed by atoms with Gasteiger partial charge in [0.1, 0.15) is 5.76 Å². The van der Waals surface area contributed by atoms with Crippen molar-refractivity contribution in [3.8, 4) is 0 Å². The molecule has 2 aromatic rings. The van der Waals surface area contributed by atoms with E-state index >= 15 is 0 Å². The molecule has 0 bridgehead atoms. The Morgan fingerprint density at radius 2 is 2.00 bits per heavy atom. The zero-order valence-electron chi connectivity index (χ0n) is 9.41. The van der Waals surface area contributed by atoms with Gasteiger partial charge < -0.3 is 9.73 Å². The Morgan fingerprint density at radius 1 is 1.29 bits per heavy atom. The summed E-state index contributed by atoms with van der Waals surface area (Å²) in [7, 11) is 0. The van der Waals surface area contributed by atoms with Crippen LogP contribution in [0, 0.1) is 0 Å². The second-order valence-corrected chi connectivity index (χ2v) is 5.14. The van der Waals surface area contributed by atoms with Crippen molar-refractivity contribution < 1.29 is 4.42 Å². The minimum absolute atomic E-state index is 0.254. The van der Waals surface area contributed by atoms with E-state index in [-0.39, 0.29) is 6.04 Å². The summed E-state index contributed by atoms with van der Waals surface area (Å²) in [5, 5.41) is 4.15. The lowest BCUT2D eigenvalue weighted by Crippen LogP contribution is -2.17. The van der Waals surface area contributed by atoms with E-state index in [0.717, 1.165) is 15.3 Å². The first-order chi connectivity index (χ1) is 8.16. The molecule has 0 saturated carbocycles. The van der Waals surface area contributed by atoms with Crippen molar-refractivity contribution in [1.82, 2.24) is 5.32 Å². The Kier molecular flexibility index (Phi) is 4.26. The molecule has 2 nitrogen and oxygen atoms in total. The lowest BCUT2D eigenvalue weighted by molar-refractivity contribution is 0.458. The van der Waals surface area contributed by atoms with Gasteiger partial charge in [-0.15, -0.1) is 0 Å². The van der Waals surface area contributed by atoms with Crippen molar-refractivity contribution in [3.63, 3.8) is 0 Å². The molecule has 0 aliphatic heterocycles. The Hall–Kier alpha value is -0.770. The van der Waals surface area contributed by atoms with Gasteiger partial charge in [-0.2, -0.15) is 0 Å². The monoisotopic (exact) mass is 313 g/mol. The molecule has 1 aromatic heterocycles. The lowest BCUT2D eigenvalue weighted by Gasteiger charge is -2.13. The topological polar surface area (TPSA) is 25.2 Å². The molecule has 17 heavy (non-hydrogen) atoms. The molecule has 0 aliphatic carbocycles. The van der Waals surface area contributed by atoms with Gasteiger partial charge in [0.05, 0.1) is 17.3 Å². The van der Waals surface area contributed by atoms with Gasteiger partial charge in [0.25, 0.3) is 0 Å². The first kappa shape index (κ1) is 12.7. The highest BCUT2D eigenvalue weighted by Gasteiger charge is 2.07. The van der Waals surface area contributed by atoms with E-state index in [1.54, 1.807) is 6.26 Å². The number of halogens is 2. The quantitative estimate of drug-likeness (QED) is 0.896. The molecular formula is C13H13BrClNO. The summed E-state index contributed by atoms with van der Waals surface area (Å²) < 4.78 is 6.33. The third-order valence-electron chi connectivity index (χ3n) is 2.63. The minimum atomic E-state index is 0.254. The van der Waals surface area contributed by atoms with E-state index in [2.05, 4.69) is 28.2 Å². The van der Waals surface area contributed by atoms with E-state index < -0.39 is 0 Å². The lowest BCUT2D eigenvalue weighted by atomic mass is 10.1. The van der Waals surface area contributed by atoms with Crippen LogP contribution in [0.2, 0.25) is 5.02 Å². The highest BCUT2D eigenvalue weighted by molar-refractivity contribution is 9.10. The molecule has 1 heterocycles. The Bertz CT molecular complexity index is 480. The maximum atomic E-state index is 5.85. The Labute approximate surface area is 114 Å². The highest BCUT2D eigenvalue weighted by atomic mass is 79.9. The summed E-state index contributed by atoms with van der Waals surface area (Å²) in [5.74, 6) is 0.908. The van der Waals surface area contributed by atoms with Gasteiger partial charge in [0.15, 0.2) is 0 Å². The van der Waals surface area contributed by atoms with Crippen LogP contribution in [0.3, 0.4) is 0 Å². The predicted molar refractivity (Wildman–Crippen MR) is 73.1 cm³/mol. The highest BCUT2D eigenvalue weighted by Crippen LogP contribution is 2.20. The number of hydrogen-bond acceptors (Lipinski definition) is 2. The molecule has 4 heteroatoms. The number of hydrogen-bond donors (Lipinski definition) is 1. The van der Waals surface area contributed by atoms with Crippen molar-refractivity contribution in [2.24, 2.45) is 0 Å². The number of furan rings is 1. The molecule has 2 rings (SSSR count). The molecule has 1 atom stereocenters. The zero-order chi connectivity index (χ0) is 12.3. The zero-order valence-corrected chi connectivity index (χ0v) is 11.8. The molecule has 1 unspecified atom stereocenters. The van der Waals surface area contributed by atoms with Crippen LogP contribution < -0.4 is 5.32 Å². The van der Waals surface area contributed by atoms with Gasteiger partial charge in [-0.3, -0.25) is 0 Å². The third-order valence-corrected chi connectivity index (χ3v) is 3.59. The van der Waals surface area contributed by atoms with Crippen LogP contribution in [0.15, 0.2) is 45.5 Å². The van der Waals surface area contributed by atoms with Gasteiger partial charge in [0.2, 0.25) is 0 Å². The van der Waals surface area contributed by atoms with E-state index in [1.807, 2.05) is 30.3 Å². The fraction of sp³-hybridized carbons (Fsp3) is 0.231. The van der Waals surface area contributed by atoms with E-state index in [4.69, 9.17) is 16.0 Å². The first-order valence-electron chi connectivity index (χ1n) is 5.37. The molecule has 0 amide bonds. The first-order valence-corrected chi connectivity index (χ1v) is 6.54. The smallest absolute Gasteiger partial charge is 0.131 e. The average molecular weight is 315 g/mol. The fourth-order valence-electron chi connectivity index (χ4n) is 1.57. The molecular weight excluding hydrogens is 302 g/mol. The predicted octanol–water partition coefficient (Wildman–Crippen LogP) is 4.55. The van der Waals surface area contributed by atoms with Crippen LogP contribution in [0.5, 0.6) is 0 Å². The molecule has 1 aromatic carbocycles. The van der Waals surface area contributed by atoms with E-state index in [9.17, 15) is 0 Å². The van der Waals surface area contributed by atoms with Crippen molar-refractivity contribution in [3.05, 3.63) is 57.4 Å². The van der Waals surface area contributed by atoms with Crippen LogP contribution >= 0.6 is 27.5 Å². The largest absolute Gasteiger partial charge is 0.467 e. The Morgan fingerprint density at radius 3 is 2.59 bits per heavy atom. The summed E-state index contributed by atoms with van der Waals surface area (Å²) in [5.41, 5.74) is 1.21. The second kappa shape index (κ2) is 5.71. The van der Waals surface area contributed by atoms with Crippen LogP contribution in [0.1, 0.15) is 24.3 Å². The molecule has 90 valence electrons. The standard InChI is InChI=1S/C13H13BrClNO/c1-9(10-2-4-11(15)5-3-10)16-8-13-12(14)6-7-17-13/h2-7,9,16H,8H2,1H3. The van der Waals surface area contributed by atoms with E-state index in [1.165, 1.54) is 5.56 Å². The van der Waals surface area contributed by atoms with Gasteiger partial charge in [-0.25, -0.2) is 0 Å². The SMILES string of the molecule is CC(NCc1occc1Br)c1ccc(Cl)cc1. The maximum Gasteiger partial charge on any atom is 0.131 e. The molecule has 1 N–H and O–H groups in total. The van der Waals surface area contributed by atoms with Crippen LogP contribution in [0.4, 0.5) is 0 Å². The summed E-state index contributed by atoms with van der Waals surface area (Å²) in [6.45, 7) is 2.80. The fourth-order valence-corrected chi connectivity index (χ4v) is 2.03. The van der Waals surface area contributed by atoms with Crippen molar-refractivity contribution in [2.75, 3.05) is 0 Å². The molecule has 0 spiro atoms. The molecule has 0 fully saturated rings.